The zero-order chi connectivity index (χ0) is 10.8. The van der Waals surface area contributed by atoms with Gasteiger partial charge in [-0.1, -0.05) is 0 Å². The van der Waals surface area contributed by atoms with Gasteiger partial charge in [-0.05, 0) is 0 Å². The van der Waals surface area contributed by atoms with Crippen molar-refractivity contribution in [2.45, 2.75) is 0 Å². The molecule has 0 bridgehead atoms. The number of rotatable bonds is 2. The van der Waals surface area contributed by atoms with Crippen LogP contribution in [0.3, 0.4) is 0 Å². The zero-order valence-corrected chi connectivity index (χ0v) is 7.83. The summed E-state index contributed by atoms with van der Waals surface area (Å²) >= 11 is 0. The minimum absolute atomic E-state index is 0.251. The number of carboxylic acid groups (broad SMARTS) is 1. The first-order valence-electron chi connectivity index (χ1n) is 4.46. The molecule has 0 unspecified atom stereocenters. The summed E-state index contributed by atoms with van der Waals surface area (Å²) in [7, 11) is 0. The van der Waals surface area contributed by atoms with E-state index in [9.17, 15) is 9.59 Å². The molecule has 15 heavy (non-hydrogen) atoms. The van der Waals surface area contributed by atoms with E-state index in [-0.39, 0.29) is 24.7 Å². The maximum Gasteiger partial charge on any atom is 0.310 e. The molecule has 0 aliphatic carbocycles. The molecule has 0 saturated carbocycles. The summed E-state index contributed by atoms with van der Waals surface area (Å²) in [5.41, 5.74) is 0.251. The monoisotopic (exact) mass is 207 g/mol. The number of carbonyl (C=O) groups is 2. The largest absolute Gasteiger partial charge is 0.481 e. The number of carboxylic acids is 1. The maximum absolute atomic E-state index is 11.6. The van der Waals surface area contributed by atoms with Gasteiger partial charge in [0.25, 0.3) is 5.91 Å². The molecule has 1 aliphatic heterocycles. The van der Waals surface area contributed by atoms with Gasteiger partial charge in [-0.3, -0.25) is 14.6 Å². The standard InChI is InChI=1S/C9H9N3O3/c13-8(7-3-10-1-2-11-7)12-4-6(5-12)9(14)15/h1-3,6H,4-5H2,(H,14,15). The van der Waals surface area contributed by atoms with Crippen LogP contribution in [0, 0.1) is 5.92 Å². The topological polar surface area (TPSA) is 83.4 Å². The molecule has 1 aromatic heterocycles. The Hall–Kier alpha value is -1.98. The second kappa shape index (κ2) is 3.64. The molecule has 6 nitrogen and oxygen atoms in total. The number of carbonyl (C=O) groups excluding carboxylic acids is 1. The summed E-state index contributed by atoms with van der Waals surface area (Å²) in [6.07, 6.45) is 4.28. The summed E-state index contributed by atoms with van der Waals surface area (Å²) < 4.78 is 0. The lowest BCUT2D eigenvalue weighted by Gasteiger charge is -2.36. The Morgan fingerprint density at radius 2 is 2.13 bits per heavy atom. The van der Waals surface area contributed by atoms with Crippen LogP contribution >= 0.6 is 0 Å². The second-order valence-corrected chi connectivity index (χ2v) is 3.34. The van der Waals surface area contributed by atoms with Crippen molar-refractivity contribution in [3.8, 4) is 0 Å². The molecule has 0 atom stereocenters. The van der Waals surface area contributed by atoms with E-state index in [1.807, 2.05) is 0 Å². The molecule has 6 heteroatoms. The summed E-state index contributed by atoms with van der Waals surface area (Å²) in [4.78, 5) is 31.2. The van der Waals surface area contributed by atoms with Crippen LogP contribution in [0.1, 0.15) is 10.5 Å². The van der Waals surface area contributed by atoms with Gasteiger partial charge in [0, 0.05) is 25.5 Å². The van der Waals surface area contributed by atoms with Crippen LogP contribution in [0.15, 0.2) is 18.6 Å². The summed E-state index contributed by atoms with van der Waals surface area (Å²) in [5, 5.41) is 8.64. The third-order valence-corrected chi connectivity index (χ3v) is 2.30. The third-order valence-electron chi connectivity index (χ3n) is 2.30. The number of nitrogens with zero attached hydrogens (tertiary/aromatic N) is 3. The van der Waals surface area contributed by atoms with Gasteiger partial charge >= 0.3 is 5.97 Å². The Labute approximate surface area is 85.6 Å². The first-order chi connectivity index (χ1) is 7.18. The lowest BCUT2D eigenvalue weighted by Crippen LogP contribution is -2.53. The molecular formula is C9H9N3O3. The highest BCUT2D eigenvalue weighted by molar-refractivity contribution is 5.93. The highest BCUT2D eigenvalue weighted by Crippen LogP contribution is 2.17. The Morgan fingerprint density at radius 3 is 2.67 bits per heavy atom. The Balaban J connectivity index is 1.98. The molecule has 2 rings (SSSR count). The van der Waals surface area contributed by atoms with E-state index in [4.69, 9.17) is 5.11 Å². The Bertz CT molecular complexity index is 387. The smallest absolute Gasteiger partial charge is 0.310 e. The van der Waals surface area contributed by atoms with Crippen molar-refractivity contribution in [2.75, 3.05) is 13.1 Å². The van der Waals surface area contributed by atoms with Crippen molar-refractivity contribution < 1.29 is 14.7 Å². The fourth-order valence-electron chi connectivity index (χ4n) is 1.37. The van der Waals surface area contributed by atoms with Crippen molar-refractivity contribution in [2.24, 2.45) is 5.92 Å². The molecule has 78 valence electrons. The van der Waals surface area contributed by atoms with E-state index in [0.29, 0.717) is 0 Å². The van der Waals surface area contributed by atoms with Gasteiger partial charge in [-0.15, -0.1) is 0 Å². The Kier molecular flexibility index (Phi) is 2.32. The molecule has 1 amide bonds. The fourth-order valence-corrected chi connectivity index (χ4v) is 1.37. The molecule has 0 aromatic carbocycles. The number of aliphatic carboxylic acids is 1. The predicted molar refractivity (Wildman–Crippen MR) is 49.1 cm³/mol. The van der Waals surface area contributed by atoms with Crippen molar-refractivity contribution in [3.05, 3.63) is 24.3 Å². The SMILES string of the molecule is O=C(O)C1CN(C(=O)c2cnccn2)C1. The van der Waals surface area contributed by atoms with E-state index in [2.05, 4.69) is 9.97 Å². The van der Waals surface area contributed by atoms with Crippen LogP contribution in [0.5, 0.6) is 0 Å². The molecular weight excluding hydrogens is 198 g/mol. The molecule has 1 saturated heterocycles. The molecule has 1 fully saturated rings. The average Bonchev–Trinajstić information content (AvgIpc) is 2.16. The van der Waals surface area contributed by atoms with Gasteiger partial charge < -0.3 is 10.0 Å². The third kappa shape index (κ3) is 1.78. The summed E-state index contributed by atoms with van der Waals surface area (Å²) in [6.45, 7) is 0.509. The highest BCUT2D eigenvalue weighted by atomic mass is 16.4. The van der Waals surface area contributed by atoms with Gasteiger partial charge in [-0.2, -0.15) is 0 Å². The van der Waals surface area contributed by atoms with Gasteiger partial charge in [-0.25, -0.2) is 4.98 Å². The van der Waals surface area contributed by atoms with Crippen LogP contribution in [0.4, 0.5) is 0 Å². The average molecular weight is 207 g/mol. The highest BCUT2D eigenvalue weighted by Gasteiger charge is 2.36. The maximum atomic E-state index is 11.6. The fraction of sp³-hybridized carbons (Fsp3) is 0.333. The van der Waals surface area contributed by atoms with E-state index < -0.39 is 11.9 Å². The van der Waals surface area contributed by atoms with Crippen LogP contribution in [-0.4, -0.2) is 44.9 Å². The minimum Gasteiger partial charge on any atom is -0.481 e. The van der Waals surface area contributed by atoms with Crippen LogP contribution in [-0.2, 0) is 4.79 Å². The number of amides is 1. The van der Waals surface area contributed by atoms with E-state index in [0.717, 1.165) is 0 Å². The van der Waals surface area contributed by atoms with Crippen molar-refractivity contribution in [3.63, 3.8) is 0 Å². The number of hydrogen-bond acceptors (Lipinski definition) is 4. The van der Waals surface area contributed by atoms with E-state index in [1.165, 1.54) is 23.5 Å². The molecule has 0 radical (unpaired) electrons. The van der Waals surface area contributed by atoms with Gasteiger partial charge in [0.05, 0.1) is 12.1 Å². The molecule has 1 N–H and O–H groups in total. The van der Waals surface area contributed by atoms with Gasteiger partial charge in [0.2, 0.25) is 0 Å². The van der Waals surface area contributed by atoms with Crippen LogP contribution in [0.2, 0.25) is 0 Å². The molecule has 2 heterocycles. The number of aromatic nitrogens is 2. The quantitative estimate of drug-likeness (QED) is 0.715. The second-order valence-electron chi connectivity index (χ2n) is 3.34. The molecule has 0 spiro atoms. The van der Waals surface area contributed by atoms with Crippen molar-refractivity contribution >= 4 is 11.9 Å². The lowest BCUT2D eigenvalue weighted by molar-refractivity contribution is -0.146. The molecule has 1 aliphatic rings. The molecule has 1 aromatic rings. The van der Waals surface area contributed by atoms with Gasteiger partial charge in [0.1, 0.15) is 5.69 Å². The van der Waals surface area contributed by atoms with Crippen molar-refractivity contribution in [1.29, 1.82) is 0 Å². The minimum atomic E-state index is -0.863. The number of likely N-dealkylation sites (tertiary alicyclic amines) is 1. The first-order valence-corrected chi connectivity index (χ1v) is 4.46. The first kappa shape index (κ1) is 9.57. The van der Waals surface area contributed by atoms with E-state index in [1.54, 1.807) is 0 Å². The van der Waals surface area contributed by atoms with E-state index >= 15 is 0 Å². The zero-order valence-electron chi connectivity index (χ0n) is 7.83. The normalized spacial score (nSPS) is 15.9. The van der Waals surface area contributed by atoms with Crippen LogP contribution in [0.25, 0.3) is 0 Å². The van der Waals surface area contributed by atoms with Gasteiger partial charge in [0.15, 0.2) is 0 Å². The number of hydrogen-bond donors (Lipinski definition) is 1. The Morgan fingerprint density at radius 1 is 1.40 bits per heavy atom. The summed E-state index contributed by atoms with van der Waals surface area (Å²) in [5.74, 6) is -1.57. The van der Waals surface area contributed by atoms with Crippen LogP contribution < -0.4 is 0 Å². The predicted octanol–water partition coefficient (Wildman–Crippen LogP) is -0.367. The lowest BCUT2D eigenvalue weighted by atomic mass is 10.0. The van der Waals surface area contributed by atoms with Crippen molar-refractivity contribution in [1.82, 2.24) is 14.9 Å². The summed E-state index contributed by atoms with van der Waals surface area (Å²) in [6, 6.07) is 0.